The van der Waals surface area contributed by atoms with E-state index in [1.165, 1.54) is 44.5 Å². The van der Waals surface area contributed by atoms with E-state index >= 15 is 0 Å². The SMILES string of the molecule is O=C(Cc1ccc(F)cc1F)N1CC(N2CC3CCCC3C2)C1. The molecule has 1 aromatic rings. The fraction of sp³-hybridized carbons (Fsp3) is 0.611. The summed E-state index contributed by atoms with van der Waals surface area (Å²) < 4.78 is 26.5. The standard InChI is InChI=1S/C18H22F2N2O/c19-15-5-4-12(17(20)7-15)6-18(23)22-10-16(11-22)21-8-13-2-1-3-14(13)9-21/h4-5,7,13-14,16H,1-3,6,8-11H2. The number of nitrogens with zero attached hydrogens (tertiary/aromatic N) is 2. The van der Waals surface area contributed by atoms with Crippen LogP contribution < -0.4 is 0 Å². The second-order valence-corrected chi connectivity index (χ2v) is 7.27. The third-order valence-electron chi connectivity index (χ3n) is 5.84. The Morgan fingerprint density at radius 3 is 2.43 bits per heavy atom. The second-order valence-electron chi connectivity index (χ2n) is 7.27. The van der Waals surface area contributed by atoms with Crippen LogP contribution in [0.4, 0.5) is 8.78 Å². The van der Waals surface area contributed by atoms with E-state index in [1.54, 1.807) is 4.90 Å². The molecule has 0 spiro atoms. The van der Waals surface area contributed by atoms with E-state index in [9.17, 15) is 13.6 Å². The maximum absolute atomic E-state index is 13.6. The fourth-order valence-electron chi connectivity index (χ4n) is 4.40. The van der Waals surface area contributed by atoms with E-state index in [2.05, 4.69) is 4.90 Å². The highest BCUT2D eigenvalue weighted by atomic mass is 19.1. The molecule has 0 N–H and O–H groups in total. The summed E-state index contributed by atoms with van der Waals surface area (Å²) in [6.07, 6.45) is 4.12. The van der Waals surface area contributed by atoms with Crippen LogP contribution in [0.25, 0.3) is 0 Å². The van der Waals surface area contributed by atoms with Crippen LogP contribution in [-0.2, 0) is 11.2 Å². The molecule has 2 aliphatic heterocycles. The Morgan fingerprint density at radius 2 is 1.78 bits per heavy atom. The first-order valence-corrected chi connectivity index (χ1v) is 8.56. The zero-order valence-electron chi connectivity index (χ0n) is 13.2. The van der Waals surface area contributed by atoms with Crippen LogP contribution in [0.2, 0.25) is 0 Å². The summed E-state index contributed by atoms with van der Waals surface area (Å²) in [6.45, 7) is 3.87. The summed E-state index contributed by atoms with van der Waals surface area (Å²) in [5, 5.41) is 0. The first-order chi connectivity index (χ1) is 11.1. The molecule has 3 aliphatic rings. The molecule has 2 saturated heterocycles. The van der Waals surface area contributed by atoms with Gasteiger partial charge in [-0.2, -0.15) is 0 Å². The maximum Gasteiger partial charge on any atom is 0.227 e. The molecule has 4 rings (SSSR count). The van der Waals surface area contributed by atoms with Gasteiger partial charge >= 0.3 is 0 Å². The van der Waals surface area contributed by atoms with E-state index in [1.807, 2.05) is 0 Å². The molecule has 23 heavy (non-hydrogen) atoms. The van der Waals surface area contributed by atoms with Crippen LogP contribution in [0.15, 0.2) is 18.2 Å². The summed E-state index contributed by atoms with van der Waals surface area (Å²) in [7, 11) is 0. The van der Waals surface area contributed by atoms with Crippen molar-refractivity contribution in [1.29, 1.82) is 0 Å². The van der Waals surface area contributed by atoms with Crippen LogP contribution in [0.1, 0.15) is 24.8 Å². The average Bonchev–Trinajstić information content (AvgIpc) is 3.01. The third-order valence-corrected chi connectivity index (χ3v) is 5.84. The van der Waals surface area contributed by atoms with Crippen molar-refractivity contribution >= 4 is 5.91 Å². The van der Waals surface area contributed by atoms with Gasteiger partial charge in [-0.3, -0.25) is 9.69 Å². The molecule has 1 aromatic carbocycles. The van der Waals surface area contributed by atoms with Crippen molar-refractivity contribution in [3.63, 3.8) is 0 Å². The van der Waals surface area contributed by atoms with Gasteiger partial charge in [-0.25, -0.2) is 8.78 Å². The lowest BCUT2D eigenvalue weighted by Crippen LogP contribution is -2.61. The molecule has 1 amide bonds. The Hall–Kier alpha value is -1.49. The van der Waals surface area contributed by atoms with Gasteiger partial charge in [0.05, 0.1) is 6.42 Å². The zero-order chi connectivity index (χ0) is 16.0. The third kappa shape index (κ3) is 2.87. The smallest absolute Gasteiger partial charge is 0.227 e. The monoisotopic (exact) mass is 320 g/mol. The molecule has 2 atom stereocenters. The lowest BCUT2D eigenvalue weighted by atomic mass is 10.0. The zero-order valence-corrected chi connectivity index (χ0v) is 13.2. The number of benzene rings is 1. The van der Waals surface area contributed by atoms with E-state index < -0.39 is 11.6 Å². The van der Waals surface area contributed by atoms with Crippen LogP contribution in [0.5, 0.6) is 0 Å². The second kappa shape index (κ2) is 5.86. The minimum atomic E-state index is -0.636. The molecule has 0 bridgehead atoms. The van der Waals surface area contributed by atoms with Crippen molar-refractivity contribution in [2.45, 2.75) is 31.7 Å². The first-order valence-electron chi connectivity index (χ1n) is 8.56. The van der Waals surface area contributed by atoms with Gasteiger partial charge in [0, 0.05) is 38.3 Å². The minimum absolute atomic E-state index is 0.0179. The van der Waals surface area contributed by atoms with Gasteiger partial charge in [-0.05, 0) is 36.3 Å². The Morgan fingerprint density at radius 1 is 1.09 bits per heavy atom. The van der Waals surface area contributed by atoms with Crippen LogP contribution in [0.3, 0.4) is 0 Å². The minimum Gasteiger partial charge on any atom is -0.339 e. The highest BCUT2D eigenvalue weighted by Crippen LogP contribution is 2.39. The fourth-order valence-corrected chi connectivity index (χ4v) is 4.40. The van der Waals surface area contributed by atoms with Crippen molar-refractivity contribution in [3.8, 4) is 0 Å². The number of hydrogen-bond acceptors (Lipinski definition) is 2. The van der Waals surface area contributed by atoms with Crippen molar-refractivity contribution in [1.82, 2.24) is 9.80 Å². The number of fused-ring (bicyclic) bond motifs is 1. The van der Waals surface area contributed by atoms with Gasteiger partial charge in [0.25, 0.3) is 0 Å². The molecule has 0 aromatic heterocycles. The molecule has 1 saturated carbocycles. The highest BCUT2D eigenvalue weighted by Gasteiger charge is 2.43. The number of amides is 1. The highest BCUT2D eigenvalue weighted by molar-refractivity contribution is 5.79. The molecular weight excluding hydrogens is 298 g/mol. The van der Waals surface area contributed by atoms with Gasteiger partial charge < -0.3 is 4.90 Å². The molecule has 124 valence electrons. The van der Waals surface area contributed by atoms with Gasteiger partial charge in [-0.15, -0.1) is 0 Å². The van der Waals surface area contributed by atoms with E-state index in [0.29, 0.717) is 6.04 Å². The molecule has 5 heteroatoms. The van der Waals surface area contributed by atoms with Crippen LogP contribution in [0, 0.1) is 23.5 Å². The van der Waals surface area contributed by atoms with E-state index in [4.69, 9.17) is 0 Å². The molecule has 0 radical (unpaired) electrons. The largest absolute Gasteiger partial charge is 0.339 e. The quantitative estimate of drug-likeness (QED) is 0.854. The Balaban J connectivity index is 1.29. The molecule has 3 nitrogen and oxygen atoms in total. The molecule has 2 heterocycles. The predicted octanol–water partition coefficient (Wildman–Crippen LogP) is 2.45. The van der Waals surface area contributed by atoms with Gasteiger partial charge in [0.15, 0.2) is 0 Å². The molecular formula is C18H22F2N2O. The number of rotatable bonds is 3. The average molecular weight is 320 g/mol. The number of carbonyl (C=O) groups excluding carboxylic acids is 1. The lowest BCUT2D eigenvalue weighted by Gasteiger charge is -2.44. The van der Waals surface area contributed by atoms with Gasteiger partial charge in [0.1, 0.15) is 11.6 Å². The van der Waals surface area contributed by atoms with Crippen LogP contribution in [-0.4, -0.2) is 47.9 Å². The lowest BCUT2D eigenvalue weighted by molar-refractivity contribution is -0.137. The number of hydrogen-bond donors (Lipinski definition) is 0. The summed E-state index contributed by atoms with van der Waals surface area (Å²) in [6, 6.07) is 3.88. The Kier molecular flexibility index (Phi) is 3.84. The van der Waals surface area contributed by atoms with Crippen molar-refractivity contribution in [3.05, 3.63) is 35.4 Å². The van der Waals surface area contributed by atoms with E-state index in [0.717, 1.165) is 31.0 Å². The van der Waals surface area contributed by atoms with Crippen molar-refractivity contribution in [2.24, 2.45) is 11.8 Å². The van der Waals surface area contributed by atoms with E-state index in [-0.39, 0.29) is 17.9 Å². The van der Waals surface area contributed by atoms with Crippen molar-refractivity contribution in [2.75, 3.05) is 26.2 Å². The van der Waals surface area contributed by atoms with Gasteiger partial charge in [0.2, 0.25) is 5.91 Å². The van der Waals surface area contributed by atoms with Crippen LogP contribution >= 0.6 is 0 Å². The summed E-state index contributed by atoms with van der Waals surface area (Å²) in [5.41, 5.74) is 0.274. The van der Waals surface area contributed by atoms with Crippen molar-refractivity contribution < 1.29 is 13.6 Å². The van der Waals surface area contributed by atoms with Gasteiger partial charge in [-0.1, -0.05) is 12.5 Å². The molecule has 1 aliphatic carbocycles. The normalized spacial score (nSPS) is 28.0. The Bertz CT molecular complexity index is 603. The molecule has 2 unspecified atom stereocenters. The predicted molar refractivity (Wildman–Crippen MR) is 82.8 cm³/mol. The number of likely N-dealkylation sites (tertiary alicyclic amines) is 2. The number of halogens is 2. The number of carbonyl (C=O) groups is 1. The summed E-state index contributed by atoms with van der Waals surface area (Å²) >= 11 is 0. The maximum atomic E-state index is 13.6. The first kappa shape index (κ1) is 15.1. The Labute approximate surface area is 135 Å². The topological polar surface area (TPSA) is 23.6 Å². The molecule has 3 fully saturated rings. The summed E-state index contributed by atoms with van der Waals surface area (Å²) in [5.74, 6) is 0.428. The summed E-state index contributed by atoms with van der Waals surface area (Å²) in [4.78, 5) is 16.6.